The van der Waals surface area contributed by atoms with Crippen molar-refractivity contribution in [2.75, 3.05) is 0 Å². The zero-order valence-electron chi connectivity index (χ0n) is 8.38. The van der Waals surface area contributed by atoms with Crippen molar-refractivity contribution in [3.05, 3.63) is 36.8 Å². The van der Waals surface area contributed by atoms with E-state index >= 15 is 0 Å². The molecule has 2 aromatic rings. The van der Waals surface area contributed by atoms with Gasteiger partial charge in [-0.15, -0.1) is 0 Å². The molecule has 0 bridgehead atoms. The Hall–Kier alpha value is -0.740. The van der Waals surface area contributed by atoms with E-state index < -0.39 is 0 Å². The van der Waals surface area contributed by atoms with E-state index in [4.69, 9.17) is 8.83 Å². The van der Waals surface area contributed by atoms with Crippen LogP contribution in [0.2, 0.25) is 0 Å². The van der Waals surface area contributed by atoms with Crippen molar-refractivity contribution in [3.63, 3.8) is 0 Å². The van der Waals surface area contributed by atoms with E-state index in [-0.39, 0.29) is 0 Å². The summed E-state index contributed by atoms with van der Waals surface area (Å²) in [4.78, 5) is 0. The van der Waals surface area contributed by atoms with Crippen molar-refractivity contribution < 1.29 is 8.83 Å². The number of hydrogen-bond donors (Lipinski definition) is 0. The first kappa shape index (κ1) is 10.8. The van der Waals surface area contributed by atoms with Crippen LogP contribution in [0.3, 0.4) is 0 Å². The molecule has 2 aromatic heterocycles. The third kappa shape index (κ3) is 3.11. The van der Waals surface area contributed by atoms with Gasteiger partial charge in [0.1, 0.15) is 0 Å². The van der Waals surface area contributed by atoms with Gasteiger partial charge in [-0.1, -0.05) is 30.4 Å². The Balaban J connectivity index is 1.93. The van der Waals surface area contributed by atoms with Crippen molar-refractivity contribution in [1.29, 1.82) is 0 Å². The van der Waals surface area contributed by atoms with Crippen LogP contribution in [-0.4, -0.2) is 4.58 Å². The highest BCUT2D eigenvalue weighted by Gasteiger charge is 2.13. The second-order valence-corrected chi connectivity index (χ2v) is 5.65. The Morgan fingerprint density at radius 1 is 1.07 bits per heavy atom. The third-order valence-electron chi connectivity index (χ3n) is 1.82. The van der Waals surface area contributed by atoms with E-state index in [0.717, 1.165) is 16.6 Å². The largest absolute Gasteiger partial charge is 0.458 e. The summed E-state index contributed by atoms with van der Waals surface area (Å²) in [5, 5.41) is 1.92. The Labute approximate surface area is 97.4 Å². The second kappa shape index (κ2) is 5.37. The number of hydrogen-bond acceptors (Lipinski definition) is 4. The molecule has 15 heavy (non-hydrogen) atoms. The molecule has 0 aliphatic rings. The number of furan rings is 2. The Bertz CT molecular complexity index is 331. The lowest BCUT2D eigenvalue weighted by Crippen LogP contribution is -1.92. The highest BCUT2D eigenvalue weighted by molar-refractivity contribution is 8.16. The molecule has 0 amide bonds. The highest BCUT2D eigenvalue weighted by Crippen LogP contribution is 2.37. The summed E-state index contributed by atoms with van der Waals surface area (Å²) in [6.45, 7) is 2.16. The van der Waals surface area contributed by atoms with E-state index in [2.05, 4.69) is 6.92 Å². The fraction of sp³-hybridized carbons (Fsp3) is 0.273. The van der Waals surface area contributed by atoms with Gasteiger partial charge in [0.05, 0.1) is 17.1 Å². The summed E-state index contributed by atoms with van der Waals surface area (Å²) in [6, 6.07) is 7.78. The van der Waals surface area contributed by atoms with Crippen LogP contribution in [-0.2, 0) is 0 Å². The van der Waals surface area contributed by atoms with E-state index in [9.17, 15) is 0 Å². The summed E-state index contributed by atoms with van der Waals surface area (Å²) < 4.78 is 11.0. The molecule has 0 aliphatic carbocycles. The predicted molar refractivity (Wildman–Crippen MR) is 63.2 cm³/mol. The molecule has 80 valence electrons. The number of rotatable bonds is 5. The van der Waals surface area contributed by atoms with Gasteiger partial charge in [-0.25, -0.2) is 0 Å². The van der Waals surface area contributed by atoms with Crippen molar-refractivity contribution >= 4 is 23.5 Å². The fourth-order valence-corrected chi connectivity index (χ4v) is 3.26. The van der Waals surface area contributed by atoms with Crippen LogP contribution < -0.4 is 0 Å². The summed E-state index contributed by atoms with van der Waals surface area (Å²) >= 11 is 3.46. The average Bonchev–Trinajstić information content (AvgIpc) is 2.89. The van der Waals surface area contributed by atoms with Crippen LogP contribution in [0.25, 0.3) is 0 Å². The van der Waals surface area contributed by atoms with Gasteiger partial charge < -0.3 is 8.83 Å². The molecule has 0 N–H and O–H groups in total. The molecule has 0 unspecified atom stereocenters. The van der Waals surface area contributed by atoms with Gasteiger partial charge >= 0.3 is 0 Å². The first-order chi connectivity index (χ1) is 7.38. The maximum absolute atomic E-state index is 5.30. The zero-order chi connectivity index (χ0) is 10.5. The SMILES string of the molecule is CCC(Sc1ccco1)Sc1ccco1. The molecular formula is C11H12O2S2. The molecule has 2 nitrogen and oxygen atoms in total. The maximum atomic E-state index is 5.30. The predicted octanol–water partition coefficient (Wildman–Crippen LogP) is 4.49. The van der Waals surface area contributed by atoms with E-state index in [1.165, 1.54) is 0 Å². The Morgan fingerprint density at radius 3 is 1.93 bits per heavy atom. The van der Waals surface area contributed by atoms with Crippen LogP contribution in [0, 0.1) is 0 Å². The molecule has 0 atom stereocenters. The molecule has 0 saturated heterocycles. The molecule has 0 radical (unpaired) electrons. The third-order valence-corrected chi connectivity index (χ3v) is 4.52. The monoisotopic (exact) mass is 240 g/mol. The summed E-state index contributed by atoms with van der Waals surface area (Å²) in [5.74, 6) is 0. The molecule has 2 rings (SSSR count). The molecule has 0 aliphatic heterocycles. The van der Waals surface area contributed by atoms with Crippen LogP contribution >= 0.6 is 23.5 Å². The zero-order valence-corrected chi connectivity index (χ0v) is 10.0. The first-order valence-corrected chi connectivity index (χ1v) is 6.54. The standard InChI is InChI=1S/C11H12O2S2/c1-2-11(14-9-5-3-7-12-9)15-10-6-4-8-13-10/h3-8,11H,2H2,1H3. The molecule has 0 aromatic carbocycles. The lowest BCUT2D eigenvalue weighted by molar-refractivity contribution is 0.472. The molecule has 0 spiro atoms. The summed E-state index contributed by atoms with van der Waals surface area (Å²) in [7, 11) is 0. The minimum Gasteiger partial charge on any atom is -0.458 e. The average molecular weight is 240 g/mol. The topological polar surface area (TPSA) is 26.3 Å². The van der Waals surface area contributed by atoms with Gasteiger partial charge in [-0.2, -0.15) is 0 Å². The fourth-order valence-electron chi connectivity index (χ4n) is 1.11. The van der Waals surface area contributed by atoms with Crippen molar-refractivity contribution in [2.45, 2.75) is 28.1 Å². The lowest BCUT2D eigenvalue weighted by atomic mass is 10.6. The normalized spacial score (nSPS) is 11.1. The minimum absolute atomic E-state index is 0.433. The van der Waals surface area contributed by atoms with Crippen LogP contribution in [0.15, 0.2) is 55.8 Å². The smallest absolute Gasteiger partial charge is 0.161 e. The van der Waals surface area contributed by atoms with Gasteiger partial charge in [-0.3, -0.25) is 0 Å². The summed E-state index contributed by atoms with van der Waals surface area (Å²) in [5.41, 5.74) is 0. The Kier molecular flexibility index (Phi) is 3.86. The van der Waals surface area contributed by atoms with E-state index in [0.29, 0.717) is 4.58 Å². The number of thioether (sulfide) groups is 2. The highest BCUT2D eigenvalue weighted by atomic mass is 32.2. The second-order valence-electron chi connectivity index (χ2n) is 2.94. The molecule has 0 saturated carbocycles. The van der Waals surface area contributed by atoms with Gasteiger partial charge in [0.15, 0.2) is 10.2 Å². The quantitative estimate of drug-likeness (QED) is 0.568. The van der Waals surface area contributed by atoms with Crippen LogP contribution in [0.1, 0.15) is 13.3 Å². The van der Waals surface area contributed by atoms with Crippen molar-refractivity contribution in [3.8, 4) is 0 Å². The lowest BCUT2D eigenvalue weighted by Gasteiger charge is -2.09. The maximum Gasteiger partial charge on any atom is 0.161 e. The van der Waals surface area contributed by atoms with Crippen LogP contribution in [0.4, 0.5) is 0 Å². The molecular weight excluding hydrogens is 228 g/mol. The van der Waals surface area contributed by atoms with Crippen molar-refractivity contribution in [1.82, 2.24) is 0 Å². The van der Waals surface area contributed by atoms with Gasteiger partial charge in [-0.05, 0) is 30.7 Å². The molecule has 2 heterocycles. The molecule has 4 heteroatoms. The minimum atomic E-state index is 0.433. The van der Waals surface area contributed by atoms with Gasteiger partial charge in [0, 0.05) is 0 Å². The summed E-state index contributed by atoms with van der Waals surface area (Å²) in [6.07, 6.45) is 4.47. The van der Waals surface area contributed by atoms with E-state index in [1.807, 2.05) is 24.3 Å². The van der Waals surface area contributed by atoms with Gasteiger partial charge in [0.2, 0.25) is 0 Å². The van der Waals surface area contributed by atoms with E-state index in [1.54, 1.807) is 36.1 Å². The molecule has 0 fully saturated rings. The van der Waals surface area contributed by atoms with Gasteiger partial charge in [0.25, 0.3) is 0 Å². The van der Waals surface area contributed by atoms with Crippen LogP contribution in [0.5, 0.6) is 0 Å². The Morgan fingerprint density at radius 2 is 1.60 bits per heavy atom. The first-order valence-electron chi connectivity index (χ1n) is 4.79. The van der Waals surface area contributed by atoms with Crippen molar-refractivity contribution in [2.24, 2.45) is 0 Å².